The Hall–Kier alpha value is -1.75. The first kappa shape index (κ1) is 14.2. The van der Waals surface area contributed by atoms with E-state index in [9.17, 15) is 4.79 Å². The number of anilines is 2. The molecule has 1 unspecified atom stereocenters. The van der Waals surface area contributed by atoms with Gasteiger partial charge in [0.25, 0.3) is 5.91 Å². The van der Waals surface area contributed by atoms with Gasteiger partial charge in [0.05, 0.1) is 16.9 Å². The molecule has 0 saturated carbocycles. The van der Waals surface area contributed by atoms with Gasteiger partial charge in [0.1, 0.15) is 0 Å². The van der Waals surface area contributed by atoms with Gasteiger partial charge in [-0.1, -0.05) is 6.07 Å². The van der Waals surface area contributed by atoms with Crippen molar-refractivity contribution >= 4 is 17.3 Å². The van der Waals surface area contributed by atoms with E-state index in [-0.39, 0.29) is 5.91 Å². The van der Waals surface area contributed by atoms with Crippen molar-refractivity contribution in [3.05, 3.63) is 23.8 Å². The van der Waals surface area contributed by atoms with E-state index in [0.717, 1.165) is 49.7 Å². The molecule has 1 aromatic carbocycles. The van der Waals surface area contributed by atoms with Crippen molar-refractivity contribution in [2.24, 2.45) is 5.92 Å². The first-order chi connectivity index (χ1) is 10.1. The van der Waals surface area contributed by atoms with Crippen LogP contribution in [-0.2, 0) is 0 Å². The summed E-state index contributed by atoms with van der Waals surface area (Å²) in [6.45, 7) is 4.81. The fraction of sp³-hybridized carbons (Fsp3) is 0.562. The predicted molar refractivity (Wildman–Crippen MR) is 86.0 cm³/mol. The Morgan fingerprint density at radius 3 is 2.95 bits per heavy atom. The average Bonchev–Trinajstić information content (AvgIpc) is 2.91. The van der Waals surface area contributed by atoms with Crippen molar-refractivity contribution in [3.8, 4) is 0 Å². The molecule has 114 valence electrons. The summed E-state index contributed by atoms with van der Waals surface area (Å²) >= 11 is 0. The van der Waals surface area contributed by atoms with Crippen LogP contribution in [0.5, 0.6) is 0 Å². The molecule has 1 saturated heterocycles. The fourth-order valence-electron chi connectivity index (χ4n) is 3.30. The van der Waals surface area contributed by atoms with Crippen LogP contribution in [0.3, 0.4) is 0 Å². The maximum Gasteiger partial charge on any atom is 0.255 e. The Labute approximate surface area is 126 Å². The van der Waals surface area contributed by atoms with Crippen LogP contribution in [0.4, 0.5) is 11.4 Å². The predicted octanol–water partition coefficient (Wildman–Crippen LogP) is 1.55. The molecule has 3 rings (SSSR count). The summed E-state index contributed by atoms with van der Waals surface area (Å²) in [4.78, 5) is 16.9. The Balaban J connectivity index is 1.72. The van der Waals surface area contributed by atoms with Gasteiger partial charge in [-0.3, -0.25) is 4.79 Å². The summed E-state index contributed by atoms with van der Waals surface area (Å²) in [6.07, 6.45) is 1.18. The highest BCUT2D eigenvalue weighted by Gasteiger charge is 2.25. The van der Waals surface area contributed by atoms with Crippen LogP contribution in [0.1, 0.15) is 16.8 Å². The van der Waals surface area contributed by atoms with Crippen LogP contribution < -0.4 is 10.6 Å². The number of carbonyl (C=O) groups excluding carboxylic acids is 1. The van der Waals surface area contributed by atoms with Crippen LogP contribution >= 0.6 is 0 Å². The van der Waals surface area contributed by atoms with Crippen LogP contribution in [0.2, 0.25) is 0 Å². The first-order valence-corrected chi connectivity index (χ1v) is 7.70. The Bertz CT molecular complexity index is 531. The molecule has 0 bridgehead atoms. The zero-order chi connectivity index (χ0) is 14.8. The number of nitrogens with zero attached hydrogens (tertiary/aromatic N) is 2. The maximum atomic E-state index is 12.7. The second-order valence-corrected chi connectivity index (χ2v) is 6.18. The third-order valence-corrected chi connectivity index (χ3v) is 4.40. The minimum atomic E-state index is 0.109. The van der Waals surface area contributed by atoms with E-state index < -0.39 is 0 Å². The van der Waals surface area contributed by atoms with E-state index >= 15 is 0 Å². The molecule has 1 amide bonds. The normalized spacial score (nSPS) is 21.3. The molecule has 0 aromatic heterocycles. The summed E-state index contributed by atoms with van der Waals surface area (Å²) in [6, 6.07) is 5.88. The van der Waals surface area contributed by atoms with Gasteiger partial charge in [0, 0.05) is 33.2 Å². The van der Waals surface area contributed by atoms with E-state index in [1.807, 2.05) is 30.1 Å². The molecule has 2 heterocycles. The Kier molecular flexibility index (Phi) is 4.01. The Morgan fingerprint density at radius 1 is 1.38 bits per heavy atom. The molecule has 1 aromatic rings. The summed E-state index contributed by atoms with van der Waals surface area (Å²) in [7, 11) is 4.06. The SMILES string of the molecule is CN1CCC(CN(C)C(=O)c2cccc3c2NCCN3)C1. The molecular formula is C16H24N4O. The Morgan fingerprint density at radius 2 is 2.19 bits per heavy atom. The molecule has 0 radical (unpaired) electrons. The lowest BCUT2D eigenvalue weighted by atomic mass is 10.1. The number of hydrogen-bond donors (Lipinski definition) is 2. The molecule has 1 fully saturated rings. The zero-order valence-electron chi connectivity index (χ0n) is 12.9. The quantitative estimate of drug-likeness (QED) is 0.886. The van der Waals surface area contributed by atoms with Gasteiger partial charge in [0.2, 0.25) is 0 Å². The maximum absolute atomic E-state index is 12.7. The van der Waals surface area contributed by atoms with Crippen molar-refractivity contribution < 1.29 is 4.79 Å². The molecule has 0 spiro atoms. The molecule has 0 aliphatic carbocycles. The molecule has 21 heavy (non-hydrogen) atoms. The van der Waals surface area contributed by atoms with Gasteiger partial charge >= 0.3 is 0 Å². The average molecular weight is 288 g/mol. The number of amides is 1. The van der Waals surface area contributed by atoms with E-state index in [1.54, 1.807) is 0 Å². The second-order valence-electron chi connectivity index (χ2n) is 6.18. The van der Waals surface area contributed by atoms with Gasteiger partial charge < -0.3 is 20.4 Å². The smallest absolute Gasteiger partial charge is 0.255 e. The van der Waals surface area contributed by atoms with Crippen molar-refractivity contribution in [2.45, 2.75) is 6.42 Å². The lowest BCUT2D eigenvalue weighted by Gasteiger charge is -2.26. The van der Waals surface area contributed by atoms with Gasteiger partial charge in [-0.25, -0.2) is 0 Å². The summed E-state index contributed by atoms with van der Waals surface area (Å²) < 4.78 is 0. The van der Waals surface area contributed by atoms with Crippen molar-refractivity contribution in [1.82, 2.24) is 9.80 Å². The zero-order valence-corrected chi connectivity index (χ0v) is 12.9. The number of nitrogens with one attached hydrogen (secondary N) is 2. The topological polar surface area (TPSA) is 47.6 Å². The molecular weight excluding hydrogens is 264 g/mol. The first-order valence-electron chi connectivity index (χ1n) is 7.70. The molecule has 2 aliphatic rings. The van der Waals surface area contributed by atoms with Crippen LogP contribution in [0, 0.1) is 5.92 Å². The van der Waals surface area contributed by atoms with Crippen molar-refractivity contribution in [2.75, 3.05) is 57.5 Å². The van der Waals surface area contributed by atoms with Crippen molar-refractivity contribution in [3.63, 3.8) is 0 Å². The number of benzene rings is 1. The molecule has 5 heteroatoms. The van der Waals surface area contributed by atoms with Gasteiger partial charge in [0.15, 0.2) is 0 Å². The van der Waals surface area contributed by atoms with Gasteiger partial charge in [-0.15, -0.1) is 0 Å². The highest BCUT2D eigenvalue weighted by molar-refractivity contribution is 6.02. The highest BCUT2D eigenvalue weighted by atomic mass is 16.2. The van der Waals surface area contributed by atoms with E-state index in [4.69, 9.17) is 0 Å². The number of likely N-dealkylation sites (tertiary alicyclic amines) is 1. The lowest BCUT2D eigenvalue weighted by molar-refractivity contribution is 0.0775. The summed E-state index contributed by atoms with van der Waals surface area (Å²) in [5, 5.41) is 6.69. The summed E-state index contributed by atoms with van der Waals surface area (Å²) in [5.74, 6) is 0.701. The third kappa shape index (κ3) is 2.97. The van der Waals surface area contributed by atoms with Gasteiger partial charge in [-0.05, 0) is 38.1 Å². The van der Waals surface area contributed by atoms with Crippen LogP contribution in [0.15, 0.2) is 18.2 Å². The third-order valence-electron chi connectivity index (χ3n) is 4.40. The number of carbonyl (C=O) groups is 1. The van der Waals surface area contributed by atoms with Crippen molar-refractivity contribution in [1.29, 1.82) is 0 Å². The minimum Gasteiger partial charge on any atom is -0.382 e. The molecule has 5 nitrogen and oxygen atoms in total. The molecule has 2 N–H and O–H groups in total. The van der Waals surface area contributed by atoms with E-state index in [2.05, 4.69) is 22.6 Å². The standard InChI is InChI=1S/C16H24N4O/c1-19-9-6-12(10-19)11-20(2)16(21)13-4-3-5-14-15(13)18-8-7-17-14/h3-5,12,17-18H,6-11H2,1-2H3. The van der Waals surface area contributed by atoms with Crippen LogP contribution in [-0.4, -0.2) is 62.5 Å². The number of fused-ring (bicyclic) bond motifs is 1. The van der Waals surface area contributed by atoms with Crippen LogP contribution in [0.25, 0.3) is 0 Å². The molecule has 2 aliphatic heterocycles. The monoisotopic (exact) mass is 288 g/mol. The highest BCUT2D eigenvalue weighted by Crippen LogP contribution is 2.29. The largest absolute Gasteiger partial charge is 0.382 e. The number of para-hydroxylation sites is 1. The number of rotatable bonds is 3. The summed E-state index contributed by atoms with van der Waals surface area (Å²) in [5.41, 5.74) is 2.75. The molecule has 1 atom stereocenters. The van der Waals surface area contributed by atoms with E-state index in [0.29, 0.717) is 5.92 Å². The lowest BCUT2D eigenvalue weighted by Crippen LogP contribution is -2.34. The van der Waals surface area contributed by atoms with E-state index in [1.165, 1.54) is 6.42 Å². The van der Waals surface area contributed by atoms with Gasteiger partial charge in [-0.2, -0.15) is 0 Å². The second kappa shape index (κ2) is 5.93. The fourth-order valence-corrected chi connectivity index (χ4v) is 3.30. The number of hydrogen-bond acceptors (Lipinski definition) is 4. The minimum absolute atomic E-state index is 0.109.